The molecule has 9 heavy (non-hydrogen) atoms. The number of rotatable bonds is 5. The Morgan fingerprint density at radius 2 is 2.00 bits per heavy atom. The zero-order chi connectivity index (χ0) is 7.11. The third-order valence-electron chi connectivity index (χ3n) is 1.06. The summed E-state index contributed by atoms with van der Waals surface area (Å²) in [5, 5.41) is 0. The molecule has 0 heterocycles. The van der Waals surface area contributed by atoms with Gasteiger partial charge < -0.3 is 4.74 Å². The van der Waals surface area contributed by atoms with E-state index >= 15 is 0 Å². The van der Waals surface area contributed by atoms with Crippen LogP contribution < -0.4 is 11.5 Å². The fourth-order valence-electron chi connectivity index (χ4n) is 0.571. The van der Waals surface area contributed by atoms with Crippen LogP contribution in [0.2, 0.25) is 0 Å². The standard InChI is InChI=1S/C6H16N2O/c1-2-3-4-5-9-6(7)8/h6H,2-5,7-8H2,1H3. The van der Waals surface area contributed by atoms with Gasteiger partial charge in [-0.15, -0.1) is 0 Å². The Bertz CT molecular complexity index is 57.0. The normalized spacial score (nSPS) is 10.7. The highest BCUT2D eigenvalue weighted by Gasteiger charge is 1.90. The quantitative estimate of drug-likeness (QED) is 0.420. The molecule has 3 nitrogen and oxygen atoms in total. The van der Waals surface area contributed by atoms with Crippen molar-refractivity contribution in [3.63, 3.8) is 0 Å². The van der Waals surface area contributed by atoms with E-state index in [0.29, 0.717) is 6.61 Å². The van der Waals surface area contributed by atoms with Gasteiger partial charge in [0.25, 0.3) is 0 Å². The maximum atomic E-state index is 5.13. The maximum absolute atomic E-state index is 5.13. The zero-order valence-electron chi connectivity index (χ0n) is 5.97. The first-order valence-corrected chi connectivity index (χ1v) is 3.40. The molecule has 0 aromatic carbocycles. The van der Waals surface area contributed by atoms with E-state index in [1.165, 1.54) is 12.8 Å². The van der Waals surface area contributed by atoms with Gasteiger partial charge in [-0.3, -0.25) is 11.5 Å². The van der Waals surface area contributed by atoms with Gasteiger partial charge in [0.05, 0.1) is 6.61 Å². The van der Waals surface area contributed by atoms with Gasteiger partial charge >= 0.3 is 0 Å². The van der Waals surface area contributed by atoms with E-state index in [1.807, 2.05) is 0 Å². The van der Waals surface area contributed by atoms with E-state index in [-0.39, 0.29) is 0 Å². The molecule has 0 atom stereocenters. The second-order valence-corrected chi connectivity index (χ2v) is 2.04. The van der Waals surface area contributed by atoms with Gasteiger partial charge in [0, 0.05) is 0 Å². The van der Waals surface area contributed by atoms with Crippen LogP contribution in [0.5, 0.6) is 0 Å². The van der Waals surface area contributed by atoms with Crippen LogP contribution >= 0.6 is 0 Å². The first kappa shape index (κ1) is 8.88. The summed E-state index contributed by atoms with van der Waals surface area (Å²) < 4.78 is 4.90. The number of hydrogen-bond acceptors (Lipinski definition) is 3. The molecule has 56 valence electrons. The SMILES string of the molecule is CCCCCOC(N)N. The van der Waals surface area contributed by atoms with Crippen molar-refractivity contribution in [2.45, 2.75) is 32.5 Å². The number of unbranched alkanes of at least 4 members (excludes halogenated alkanes) is 2. The van der Waals surface area contributed by atoms with Crippen molar-refractivity contribution in [1.29, 1.82) is 0 Å². The average molecular weight is 132 g/mol. The summed E-state index contributed by atoms with van der Waals surface area (Å²) in [6.45, 7) is 2.83. The molecule has 0 bridgehead atoms. The lowest BCUT2D eigenvalue weighted by atomic mass is 10.3. The summed E-state index contributed by atoms with van der Waals surface area (Å²) in [6.07, 6.45) is 2.85. The van der Waals surface area contributed by atoms with Crippen LogP contribution in [0.25, 0.3) is 0 Å². The van der Waals surface area contributed by atoms with Crippen molar-refractivity contribution >= 4 is 0 Å². The first-order valence-electron chi connectivity index (χ1n) is 3.40. The van der Waals surface area contributed by atoms with Crippen LogP contribution in [-0.4, -0.2) is 13.0 Å². The van der Waals surface area contributed by atoms with Crippen molar-refractivity contribution in [1.82, 2.24) is 0 Å². The Balaban J connectivity index is 2.75. The summed E-state index contributed by atoms with van der Waals surface area (Å²) >= 11 is 0. The predicted molar refractivity (Wildman–Crippen MR) is 37.6 cm³/mol. The van der Waals surface area contributed by atoms with Crippen LogP contribution in [0.1, 0.15) is 26.2 Å². The summed E-state index contributed by atoms with van der Waals surface area (Å²) in [7, 11) is 0. The van der Waals surface area contributed by atoms with Gasteiger partial charge in [-0.1, -0.05) is 19.8 Å². The van der Waals surface area contributed by atoms with Gasteiger partial charge in [0.1, 0.15) is 0 Å². The highest BCUT2D eigenvalue weighted by Crippen LogP contribution is 1.93. The zero-order valence-corrected chi connectivity index (χ0v) is 5.97. The number of nitrogens with two attached hydrogens (primary N) is 2. The van der Waals surface area contributed by atoms with Crippen LogP contribution in [0.15, 0.2) is 0 Å². The van der Waals surface area contributed by atoms with Crippen molar-refractivity contribution in [3.8, 4) is 0 Å². The Hall–Kier alpha value is -0.120. The van der Waals surface area contributed by atoms with Crippen LogP contribution in [0.3, 0.4) is 0 Å². The minimum Gasteiger partial charge on any atom is -0.350 e. The fourth-order valence-corrected chi connectivity index (χ4v) is 0.571. The van der Waals surface area contributed by atoms with Crippen molar-refractivity contribution in [2.24, 2.45) is 11.5 Å². The molecule has 0 aliphatic rings. The lowest BCUT2D eigenvalue weighted by molar-refractivity contribution is 0.0597. The van der Waals surface area contributed by atoms with E-state index in [0.717, 1.165) is 6.42 Å². The maximum Gasteiger partial charge on any atom is 0.158 e. The number of ether oxygens (including phenoxy) is 1. The van der Waals surface area contributed by atoms with Crippen LogP contribution in [-0.2, 0) is 4.74 Å². The van der Waals surface area contributed by atoms with Gasteiger partial charge in [-0.25, -0.2) is 0 Å². The monoisotopic (exact) mass is 132 g/mol. The molecule has 0 aromatic rings. The molecule has 0 radical (unpaired) electrons. The van der Waals surface area contributed by atoms with Crippen molar-refractivity contribution in [3.05, 3.63) is 0 Å². The number of hydrogen-bond donors (Lipinski definition) is 2. The molecule has 0 unspecified atom stereocenters. The average Bonchev–Trinajstić information content (AvgIpc) is 1.80. The van der Waals surface area contributed by atoms with E-state index in [1.54, 1.807) is 0 Å². The summed E-state index contributed by atoms with van der Waals surface area (Å²) in [5.74, 6) is 0. The van der Waals surface area contributed by atoms with E-state index < -0.39 is 6.35 Å². The highest BCUT2D eigenvalue weighted by atomic mass is 16.5. The van der Waals surface area contributed by atoms with Crippen molar-refractivity contribution < 1.29 is 4.74 Å². The van der Waals surface area contributed by atoms with Crippen LogP contribution in [0.4, 0.5) is 0 Å². The topological polar surface area (TPSA) is 61.3 Å². The first-order chi connectivity index (χ1) is 4.27. The Morgan fingerprint density at radius 3 is 2.44 bits per heavy atom. The lowest BCUT2D eigenvalue weighted by Gasteiger charge is -2.05. The second kappa shape index (κ2) is 6.01. The Kier molecular flexibility index (Phi) is 5.93. The third kappa shape index (κ3) is 7.88. The molecule has 3 heteroatoms. The van der Waals surface area contributed by atoms with Gasteiger partial charge in [0.2, 0.25) is 0 Å². The van der Waals surface area contributed by atoms with E-state index in [4.69, 9.17) is 16.2 Å². The lowest BCUT2D eigenvalue weighted by Crippen LogP contribution is -2.33. The molecule has 0 spiro atoms. The molecule has 0 aliphatic heterocycles. The largest absolute Gasteiger partial charge is 0.350 e. The fraction of sp³-hybridized carbons (Fsp3) is 1.00. The van der Waals surface area contributed by atoms with Crippen LogP contribution in [0, 0.1) is 0 Å². The third-order valence-corrected chi connectivity index (χ3v) is 1.06. The molecule has 0 aliphatic carbocycles. The molecule has 0 amide bonds. The summed E-state index contributed by atoms with van der Waals surface area (Å²) in [5.41, 5.74) is 10.3. The molecule has 0 aromatic heterocycles. The van der Waals surface area contributed by atoms with E-state index in [2.05, 4.69) is 6.92 Å². The van der Waals surface area contributed by atoms with Gasteiger partial charge in [0.15, 0.2) is 6.35 Å². The summed E-state index contributed by atoms with van der Waals surface area (Å²) in [6, 6.07) is 0. The predicted octanol–water partition coefficient (Wildman–Crippen LogP) is 0.394. The molecule has 0 rings (SSSR count). The van der Waals surface area contributed by atoms with Gasteiger partial charge in [-0.05, 0) is 6.42 Å². The molecular formula is C6H16N2O. The Labute approximate surface area is 56.4 Å². The molecular weight excluding hydrogens is 116 g/mol. The second-order valence-electron chi connectivity index (χ2n) is 2.04. The Morgan fingerprint density at radius 1 is 1.33 bits per heavy atom. The minimum atomic E-state index is -0.596. The highest BCUT2D eigenvalue weighted by molar-refractivity contribution is 4.37. The van der Waals surface area contributed by atoms with Crippen molar-refractivity contribution in [2.75, 3.05) is 6.61 Å². The minimum absolute atomic E-state index is 0.596. The molecule has 4 N–H and O–H groups in total. The van der Waals surface area contributed by atoms with E-state index in [9.17, 15) is 0 Å². The van der Waals surface area contributed by atoms with Gasteiger partial charge in [-0.2, -0.15) is 0 Å². The molecule has 0 fully saturated rings. The molecule has 0 saturated carbocycles. The summed E-state index contributed by atoms with van der Waals surface area (Å²) in [4.78, 5) is 0. The smallest absolute Gasteiger partial charge is 0.158 e. The molecule has 0 saturated heterocycles.